The van der Waals surface area contributed by atoms with E-state index in [2.05, 4.69) is 20.6 Å². The summed E-state index contributed by atoms with van der Waals surface area (Å²) in [7, 11) is 1.85. The second-order valence-corrected chi connectivity index (χ2v) is 5.97. The molecule has 2 aromatic rings. The molecular formula is C16H22N6O2. The summed E-state index contributed by atoms with van der Waals surface area (Å²) in [6.07, 6.45) is 5.44. The molecule has 1 aliphatic rings. The number of nitrogens with one attached hydrogen (secondary N) is 1. The van der Waals surface area contributed by atoms with Crippen LogP contribution in [-0.2, 0) is 17.9 Å². The van der Waals surface area contributed by atoms with E-state index < -0.39 is 0 Å². The summed E-state index contributed by atoms with van der Waals surface area (Å²) in [6.45, 7) is 1.45. The van der Waals surface area contributed by atoms with Crippen molar-refractivity contribution in [2.24, 2.45) is 0 Å². The van der Waals surface area contributed by atoms with Gasteiger partial charge in [0.1, 0.15) is 18.1 Å². The third-order valence-corrected chi connectivity index (χ3v) is 4.33. The van der Waals surface area contributed by atoms with E-state index in [-0.39, 0.29) is 19.1 Å². The molecule has 128 valence electrons. The van der Waals surface area contributed by atoms with E-state index in [0.717, 1.165) is 25.2 Å². The number of likely N-dealkylation sites (tertiary alicyclic amines) is 1. The summed E-state index contributed by atoms with van der Waals surface area (Å²) in [4.78, 5) is 18.6. The van der Waals surface area contributed by atoms with Gasteiger partial charge < -0.3 is 15.3 Å². The largest absolute Gasteiger partial charge is 0.390 e. The Labute approximate surface area is 140 Å². The Hall–Kier alpha value is -2.48. The smallest absolute Gasteiger partial charge is 0.244 e. The van der Waals surface area contributed by atoms with Crippen molar-refractivity contribution in [2.75, 3.05) is 25.5 Å². The normalized spacial score (nSPS) is 17.8. The summed E-state index contributed by atoms with van der Waals surface area (Å²) in [5.41, 5.74) is 1.67. The summed E-state index contributed by atoms with van der Waals surface area (Å²) < 4.78 is 1.48. The number of pyridine rings is 1. The van der Waals surface area contributed by atoms with Crippen molar-refractivity contribution >= 4 is 11.7 Å². The lowest BCUT2D eigenvalue weighted by Crippen LogP contribution is -2.40. The molecule has 0 unspecified atom stereocenters. The number of carbonyl (C=O) groups excluding carboxylic acids is 1. The van der Waals surface area contributed by atoms with Gasteiger partial charge in [-0.1, -0.05) is 5.21 Å². The predicted octanol–water partition coefficient (Wildman–Crippen LogP) is 0.613. The Morgan fingerprint density at radius 2 is 2.38 bits per heavy atom. The molecule has 0 aromatic carbocycles. The minimum absolute atomic E-state index is 0.0250. The van der Waals surface area contributed by atoms with Crippen LogP contribution in [0.15, 0.2) is 24.5 Å². The van der Waals surface area contributed by atoms with Crippen molar-refractivity contribution in [3.05, 3.63) is 35.8 Å². The molecule has 8 heteroatoms. The van der Waals surface area contributed by atoms with E-state index in [0.29, 0.717) is 18.2 Å². The molecule has 8 nitrogen and oxygen atoms in total. The van der Waals surface area contributed by atoms with E-state index in [9.17, 15) is 4.79 Å². The molecule has 1 atom stereocenters. The Bertz CT molecular complexity index is 701. The number of piperidine rings is 1. The number of aliphatic hydroxyl groups is 1. The lowest BCUT2D eigenvalue weighted by atomic mass is 9.91. The quantitative estimate of drug-likeness (QED) is 0.834. The summed E-state index contributed by atoms with van der Waals surface area (Å²) in [6, 6.07) is 4.06. The second-order valence-electron chi connectivity index (χ2n) is 5.97. The van der Waals surface area contributed by atoms with Crippen molar-refractivity contribution in [3.8, 4) is 0 Å². The van der Waals surface area contributed by atoms with Crippen LogP contribution in [0.1, 0.15) is 30.0 Å². The molecule has 0 bridgehead atoms. The standard InChI is InChI=1S/C16H22N6O2/c1-17-15-7-12(4-5-18-15)13-3-2-6-21(8-13)16(24)10-22-9-14(11-23)19-20-22/h4-5,7,9,13,23H,2-3,6,8,10-11H2,1H3,(H,17,18)/t13-/m1/s1. The fourth-order valence-electron chi connectivity index (χ4n) is 3.04. The molecule has 0 radical (unpaired) electrons. The Balaban J connectivity index is 1.64. The minimum atomic E-state index is -0.171. The van der Waals surface area contributed by atoms with E-state index in [1.54, 1.807) is 12.4 Å². The highest BCUT2D eigenvalue weighted by molar-refractivity contribution is 5.76. The first-order valence-corrected chi connectivity index (χ1v) is 8.11. The Morgan fingerprint density at radius 3 is 3.12 bits per heavy atom. The van der Waals surface area contributed by atoms with Crippen molar-refractivity contribution in [3.63, 3.8) is 0 Å². The van der Waals surface area contributed by atoms with Gasteiger partial charge in [-0.25, -0.2) is 9.67 Å². The van der Waals surface area contributed by atoms with Gasteiger partial charge in [-0.05, 0) is 30.5 Å². The third kappa shape index (κ3) is 3.70. The first-order chi connectivity index (χ1) is 11.7. The summed E-state index contributed by atoms with van der Waals surface area (Å²) >= 11 is 0. The van der Waals surface area contributed by atoms with Crippen LogP contribution in [0.2, 0.25) is 0 Å². The number of rotatable bonds is 5. The molecule has 1 aliphatic heterocycles. The van der Waals surface area contributed by atoms with Gasteiger partial charge in [0.05, 0.1) is 12.8 Å². The van der Waals surface area contributed by atoms with Crippen molar-refractivity contribution in [2.45, 2.75) is 31.9 Å². The number of hydrogen-bond donors (Lipinski definition) is 2. The zero-order chi connectivity index (χ0) is 16.9. The molecule has 1 fully saturated rings. The van der Waals surface area contributed by atoms with Gasteiger partial charge in [-0.2, -0.15) is 0 Å². The fraction of sp³-hybridized carbons (Fsp3) is 0.500. The fourth-order valence-corrected chi connectivity index (χ4v) is 3.04. The first kappa shape index (κ1) is 16.4. The van der Waals surface area contributed by atoms with Crippen LogP contribution in [0, 0.1) is 0 Å². The third-order valence-electron chi connectivity index (χ3n) is 4.33. The van der Waals surface area contributed by atoms with Crippen LogP contribution in [0.3, 0.4) is 0 Å². The summed E-state index contributed by atoms with van der Waals surface area (Å²) in [5.74, 6) is 1.19. The van der Waals surface area contributed by atoms with Crippen LogP contribution >= 0.6 is 0 Å². The Kier molecular flexibility index (Phi) is 5.05. The highest BCUT2D eigenvalue weighted by atomic mass is 16.3. The van der Waals surface area contributed by atoms with Gasteiger partial charge in [0, 0.05) is 32.3 Å². The predicted molar refractivity (Wildman–Crippen MR) is 88.3 cm³/mol. The minimum Gasteiger partial charge on any atom is -0.390 e. The number of amides is 1. The number of aliphatic hydroxyl groups excluding tert-OH is 1. The maximum atomic E-state index is 12.5. The van der Waals surface area contributed by atoms with Gasteiger partial charge in [0.15, 0.2) is 0 Å². The molecule has 1 saturated heterocycles. The number of hydrogen-bond acceptors (Lipinski definition) is 6. The summed E-state index contributed by atoms with van der Waals surface area (Å²) in [5, 5.41) is 19.7. The SMILES string of the molecule is CNc1cc([C@@H]2CCCN(C(=O)Cn3cc(CO)nn3)C2)ccn1. The number of aromatic nitrogens is 4. The number of anilines is 1. The highest BCUT2D eigenvalue weighted by Crippen LogP contribution is 2.27. The monoisotopic (exact) mass is 330 g/mol. The van der Waals surface area contributed by atoms with Gasteiger partial charge >= 0.3 is 0 Å². The first-order valence-electron chi connectivity index (χ1n) is 8.11. The zero-order valence-corrected chi connectivity index (χ0v) is 13.7. The lowest BCUT2D eigenvalue weighted by molar-refractivity contribution is -0.133. The van der Waals surface area contributed by atoms with E-state index in [4.69, 9.17) is 5.11 Å². The molecule has 2 N–H and O–H groups in total. The van der Waals surface area contributed by atoms with Crippen LogP contribution < -0.4 is 5.32 Å². The molecule has 24 heavy (non-hydrogen) atoms. The average molecular weight is 330 g/mol. The van der Waals surface area contributed by atoms with Crippen LogP contribution in [0.5, 0.6) is 0 Å². The van der Waals surface area contributed by atoms with Gasteiger partial charge in [-0.15, -0.1) is 5.10 Å². The van der Waals surface area contributed by atoms with E-state index in [1.165, 1.54) is 10.2 Å². The molecule has 0 saturated carbocycles. The molecule has 0 aliphatic carbocycles. The van der Waals surface area contributed by atoms with Gasteiger partial charge in [0.2, 0.25) is 5.91 Å². The molecule has 3 heterocycles. The van der Waals surface area contributed by atoms with Crippen LogP contribution in [0.25, 0.3) is 0 Å². The second kappa shape index (κ2) is 7.39. The number of carbonyl (C=O) groups is 1. The van der Waals surface area contributed by atoms with Gasteiger partial charge in [-0.3, -0.25) is 4.79 Å². The molecule has 0 spiro atoms. The van der Waals surface area contributed by atoms with E-state index >= 15 is 0 Å². The van der Waals surface area contributed by atoms with Gasteiger partial charge in [0.25, 0.3) is 0 Å². The molecule has 2 aromatic heterocycles. The highest BCUT2D eigenvalue weighted by Gasteiger charge is 2.25. The zero-order valence-electron chi connectivity index (χ0n) is 13.7. The number of nitrogens with zero attached hydrogens (tertiary/aromatic N) is 5. The Morgan fingerprint density at radius 1 is 1.50 bits per heavy atom. The molecule has 3 rings (SSSR count). The van der Waals surface area contributed by atoms with Crippen LogP contribution in [-0.4, -0.2) is 56.0 Å². The average Bonchev–Trinajstić information content (AvgIpc) is 3.09. The van der Waals surface area contributed by atoms with E-state index in [1.807, 2.05) is 24.1 Å². The topological polar surface area (TPSA) is 96.2 Å². The molecular weight excluding hydrogens is 308 g/mol. The maximum Gasteiger partial charge on any atom is 0.244 e. The van der Waals surface area contributed by atoms with Crippen molar-refractivity contribution in [1.29, 1.82) is 0 Å². The maximum absolute atomic E-state index is 12.5. The van der Waals surface area contributed by atoms with Crippen LogP contribution in [0.4, 0.5) is 5.82 Å². The lowest BCUT2D eigenvalue weighted by Gasteiger charge is -2.33. The van der Waals surface area contributed by atoms with Crippen molar-refractivity contribution < 1.29 is 9.90 Å². The molecule has 1 amide bonds. The van der Waals surface area contributed by atoms with Crippen molar-refractivity contribution in [1.82, 2.24) is 24.9 Å².